The van der Waals surface area contributed by atoms with Gasteiger partial charge >= 0.3 is 5.97 Å². The number of hydrogen-bond donors (Lipinski definition) is 2. The Morgan fingerprint density at radius 3 is 2.71 bits per heavy atom. The summed E-state index contributed by atoms with van der Waals surface area (Å²) in [5.41, 5.74) is -0.106. The fourth-order valence-electron chi connectivity index (χ4n) is 4.81. The van der Waals surface area contributed by atoms with E-state index in [4.69, 9.17) is 4.52 Å². The van der Waals surface area contributed by atoms with Crippen LogP contribution in [0, 0.1) is 23.5 Å². The molecule has 0 spiro atoms. The van der Waals surface area contributed by atoms with Crippen LogP contribution in [0.4, 0.5) is 8.78 Å². The minimum atomic E-state index is -0.949. The van der Waals surface area contributed by atoms with Crippen LogP contribution in [-0.2, 0) is 4.79 Å². The van der Waals surface area contributed by atoms with Crippen LogP contribution in [0.3, 0.4) is 0 Å². The Bertz CT molecular complexity index is 979. The van der Waals surface area contributed by atoms with Crippen molar-refractivity contribution in [1.82, 2.24) is 15.4 Å². The molecule has 31 heavy (non-hydrogen) atoms. The average molecular weight is 433 g/mol. The number of carboxylic acids is 1. The van der Waals surface area contributed by atoms with Gasteiger partial charge in [-0.3, -0.25) is 14.5 Å². The zero-order valence-electron chi connectivity index (χ0n) is 17.2. The number of carbonyl (C=O) groups excluding carboxylic acids is 1. The van der Waals surface area contributed by atoms with E-state index in [1.807, 2.05) is 0 Å². The predicted octanol–water partition coefficient (Wildman–Crippen LogP) is 3.31. The first-order chi connectivity index (χ1) is 14.8. The number of aliphatic carboxylic acids is 1. The number of carbonyl (C=O) groups is 2. The summed E-state index contributed by atoms with van der Waals surface area (Å²) in [7, 11) is 0. The minimum Gasteiger partial charge on any atom is -0.481 e. The smallest absolute Gasteiger partial charge is 0.309 e. The third-order valence-corrected chi connectivity index (χ3v) is 6.50. The van der Waals surface area contributed by atoms with Crippen molar-refractivity contribution in [3.8, 4) is 11.3 Å². The molecule has 166 valence electrons. The number of amides is 1. The molecular formula is C22H25F2N3O4. The maximum absolute atomic E-state index is 14.0. The van der Waals surface area contributed by atoms with Gasteiger partial charge in [-0.2, -0.15) is 0 Å². The van der Waals surface area contributed by atoms with Crippen LogP contribution in [0.2, 0.25) is 0 Å². The molecule has 7 nitrogen and oxygen atoms in total. The Balaban J connectivity index is 1.44. The first kappa shape index (κ1) is 21.4. The molecule has 2 aromatic rings. The molecule has 0 radical (unpaired) electrons. The van der Waals surface area contributed by atoms with Crippen molar-refractivity contribution < 1.29 is 28.0 Å². The second kappa shape index (κ2) is 8.74. The van der Waals surface area contributed by atoms with Crippen molar-refractivity contribution in [2.45, 2.75) is 44.7 Å². The summed E-state index contributed by atoms with van der Waals surface area (Å²) in [5.74, 6) is -3.29. The normalized spacial score (nSPS) is 26.7. The fourth-order valence-corrected chi connectivity index (χ4v) is 4.81. The molecule has 4 rings (SSSR count). The highest BCUT2D eigenvalue weighted by atomic mass is 19.1. The van der Waals surface area contributed by atoms with Gasteiger partial charge in [-0.25, -0.2) is 8.78 Å². The van der Waals surface area contributed by atoms with Gasteiger partial charge in [-0.15, -0.1) is 0 Å². The SMILES string of the molecule is C[C@@H]1CCC[C@@H]1N1CC[C@H](NC(=O)c2cc(-c3ccc(F)cc3F)on2)[C@@H](C(=O)O)C1. The van der Waals surface area contributed by atoms with Gasteiger partial charge in [0.05, 0.1) is 11.5 Å². The molecule has 2 aliphatic rings. The average Bonchev–Trinajstić information content (AvgIpc) is 3.37. The van der Waals surface area contributed by atoms with Crippen LogP contribution in [0.25, 0.3) is 11.3 Å². The van der Waals surface area contributed by atoms with E-state index in [0.29, 0.717) is 37.5 Å². The summed E-state index contributed by atoms with van der Waals surface area (Å²) in [6.45, 7) is 3.31. The van der Waals surface area contributed by atoms with E-state index in [-0.39, 0.29) is 17.0 Å². The summed E-state index contributed by atoms with van der Waals surface area (Å²) in [6, 6.07) is 4.11. The number of nitrogens with one attached hydrogen (secondary N) is 1. The molecule has 9 heteroatoms. The van der Waals surface area contributed by atoms with Gasteiger partial charge in [0.1, 0.15) is 11.6 Å². The molecule has 4 atom stereocenters. The van der Waals surface area contributed by atoms with Gasteiger partial charge in [-0.1, -0.05) is 18.5 Å². The molecule has 1 saturated heterocycles. The van der Waals surface area contributed by atoms with Gasteiger partial charge < -0.3 is 14.9 Å². The molecule has 0 unspecified atom stereocenters. The van der Waals surface area contributed by atoms with Gasteiger partial charge in [-0.05, 0) is 37.3 Å². The lowest BCUT2D eigenvalue weighted by Crippen LogP contribution is -2.56. The van der Waals surface area contributed by atoms with E-state index in [9.17, 15) is 23.5 Å². The molecule has 2 N–H and O–H groups in total. The Labute approximate surface area is 178 Å². The first-order valence-electron chi connectivity index (χ1n) is 10.5. The number of nitrogens with zero attached hydrogens (tertiary/aromatic N) is 2. The Kier molecular flexibility index (Phi) is 6.04. The maximum Gasteiger partial charge on any atom is 0.309 e. The van der Waals surface area contributed by atoms with E-state index >= 15 is 0 Å². The number of aromatic nitrogens is 1. The largest absolute Gasteiger partial charge is 0.481 e. The lowest BCUT2D eigenvalue weighted by atomic mass is 9.89. The van der Waals surface area contributed by atoms with Crippen LogP contribution < -0.4 is 5.32 Å². The summed E-state index contributed by atoms with van der Waals surface area (Å²) in [4.78, 5) is 26.8. The fraction of sp³-hybridized carbons (Fsp3) is 0.500. The van der Waals surface area contributed by atoms with E-state index in [1.54, 1.807) is 0 Å². The molecule has 1 aromatic heterocycles. The number of halogens is 2. The number of likely N-dealkylation sites (tertiary alicyclic amines) is 1. The molecule has 2 heterocycles. The van der Waals surface area contributed by atoms with Gasteiger partial charge in [0.25, 0.3) is 5.91 Å². The summed E-state index contributed by atoms with van der Waals surface area (Å²) < 4.78 is 32.1. The quantitative estimate of drug-likeness (QED) is 0.751. The molecule has 2 fully saturated rings. The lowest BCUT2D eigenvalue weighted by Gasteiger charge is -2.41. The number of piperidine rings is 1. The zero-order chi connectivity index (χ0) is 22.1. The van der Waals surface area contributed by atoms with Gasteiger partial charge in [0.2, 0.25) is 0 Å². The van der Waals surface area contributed by atoms with Crippen LogP contribution >= 0.6 is 0 Å². The molecule has 1 aliphatic heterocycles. The van der Waals surface area contributed by atoms with Gasteiger partial charge in [0.15, 0.2) is 11.5 Å². The molecule has 1 aromatic carbocycles. The monoisotopic (exact) mass is 433 g/mol. The number of carboxylic acid groups (broad SMARTS) is 1. The Hall–Kier alpha value is -2.81. The highest BCUT2D eigenvalue weighted by molar-refractivity contribution is 5.93. The van der Waals surface area contributed by atoms with E-state index in [1.165, 1.54) is 12.1 Å². The third kappa shape index (κ3) is 4.46. The summed E-state index contributed by atoms with van der Waals surface area (Å²) >= 11 is 0. The van der Waals surface area contributed by atoms with Crippen LogP contribution in [-0.4, -0.2) is 52.2 Å². The van der Waals surface area contributed by atoms with Gasteiger partial charge in [0, 0.05) is 37.3 Å². The van der Waals surface area contributed by atoms with Crippen LogP contribution in [0.5, 0.6) is 0 Å². The summed E-state index contributed by atoms with van der Waals surface area (Å²) in [6.07, 6.45) is 3.90. The van der Waals surface area contributed by atoms with Crippen molar-refractivity contribution in [3.63, 3.8) is 0 Å². The predicted molar refractivity (Wildman–Crippen MR) is 107 cm³/mol. The van der Waals surface area contributed by atoms with Crippen molar-refractivity contribution in [2.75, 3.05) is 13.1 Å². The number of benzene rings is 1. The maximum atomic E-state index is 14.0. The van der Waals surface area contributed by atoms with Crippen molar-refractivity contribution in [1.29, 1.82) is 0 Å². The standard InChI is InChI=1S/C22H25F2N3O4/c1-12-3-2-4-19(12)27-8-7-17(15(11-27)22(29)30)25-21(28)18-10-20(31-26-18)14-6-5-13(23)9-16(14)24/h5-6,9-10,12,15,17,19H,2-4,7-8,11H2,1H3,(H,25,28)(H,29,30)/t12-,15+,17+,19+/m1/s1. The highest BCUT2D eigenvalue weighted by Gasteiger charge is 2.40. The molecule has 1 amide bonds. The highest BCUT2D eigenvalue weighted by Crippen LogP contribution is 2.32. The zero-order valence-corrected chi connectivity index (χ0v) is 17.2. The third-order valence-electron chi connectivity index (χ3n) is 6.50. The summed E-state index contributed by atoms with van der Waals surface area (Å²) in [5, 5.41) is 16.2. The molecule has 0 bridgehead atoms. The lowest BCUT2D eigenvalue weighted by molar-refractivity contribution is -0.145. The minimum absolute atomic E-state index is 0.0116. The van der Waals surface area contributed by atoms with Crippen molar-refractivity contribution in [2.24, 2.45) is 11.8 Å². The topological polar surface area (TPSA) is 95.7 Å². The van der Waals surface area contributed by atoms with Crippen LogP contribution in [0.1, 0.15) is 43.1 Å². The molecule has 1 aliphatic carbocycles. The number of hydrogen-bond acceptors (Lipinski definition) is 5. The van der Waals surface area contributed by atoms with Crippen molar-refractivity contribution >= 4 is 11.9 Å². The van der Waals surface area contributed by atoms with Crippen LogP contribution in [0.15, 0.2) is 28.8 Å². The number of rotatable bonds is 5. The van der Waals surface area contributed by atoms with E-state index < -0.39 is 35.5 Å². The second-order valence-corrected chi connectivity index (χ2v) is 8.48. The van der Waals surface area contributed by atoms with E-state index in [2.05, 4.69) is 22.3 Å². The Morgan fingerprint density at radius 2 is 2.03 bits per heavy atom. The molecular weight excluding hydrogens is 408 g/mol. The molecule has 1 saturated carbocycles. The Morgan fingerprint density at radius 1 is 1.23 bits per heavy atom. The van der Waals surface area contributed by atoms with Crippen molar-refractivity contribution in [3.05, 3.63) is 41.6 Å². The first-order valence-corrected chi connectivity index (χ1v) is 10.5. The second-order valence-electron chi connectivity index (χ2n) is 8.48. The van der Waals surface area contributed by atoms with E-state index in [0.717, 1.165) is 25.3 Å².